The average Bonchev–Trinajstić information content (AvgIpc) is 2.93. The molecule has 0 aliphatic carbocycles. The van der Waals surface area contributed by atoms with Gasteiger partial charge in [0, 0.05) is 18.1 Å². The monoisotopic (exact) mass is 575 g/mol. The van der Waals surface area contributed by atoms with Crippen molar-refractivity contribution in [3.8, 4) is 5.75 Å². The molecule has 0 radical (unpaired) electrons. The smallest absolute Gasteiger partial charge is 0.264 e. The van der Waals surface area contributed by atoms with E-state index in [2.05, 4.69) is 5.32 Å². The molecule has 0 aromatic heterocycles. The van der Waals surface area contributed by atoms with Gasteiger partial charge in [0.05, 0.1) is 17.7 Å². The molecular formula is C28H31ClFN3O5S. The number of carbonyl (C=O) groups excluding carboxylic acids is 2. The Bertz CT molecular complexity index is 1390. The molecule has 0 aliphatic rings. The summed E-state index contributed by atoms with van der Waals surface area (Å²) in [4.78, 5) is 27.9. The molecule has 39 heavy (non-hydrogen) atoms. The third-order valence-corrected chi connectivity index (χ3v) is 8.03. The average molecular weight is 576 g/mol. The number of amides is 2. The molecule has 3 aromatic carbocycles. The molecule has 0 fully saturated rings. The number of carbonyl (C=O) groups is 2. The van der Waals surface area contributed by atoms with E-state index in [0.717, 1.165) is 4.31 Å². The van der Waals surface area contributed by atoms with Crippen LogP contribution < -0.4 is 14.4 Å². The number of anilines is 1. The second-order valence-electron chi connectivity index (χ2n) is 8.78. The number of benzene rings is 3. The summed E-state index contributed by atoms with van der Waals surface area (Å²) in [5, 5.41) is 3.05. The van der Waals surface area contributed by atoms with Crippen LogP contribution in [0.1, 0.15) is 25.8 Å². The van der Waals surface area contributed by atoms with E-state index in [4.69, 9.17) is 16.3 Å². The quantitative estimate of drug-likeness (QED) is 0.340. The van der Waals surface area contributed by atoms with Gasteiger partial charge in [-0.05, 0) is 73.5 Å². The summed E-state index contributed by atoms with van der Waals surface area (Å²) >= 11 is 6.17. The maximum Gasteiger partial charge on any atom is 0.264 e. The number of nitrogens with zero attached hydrogens (tertiary/aromatic N) is 2. The topological polar surface area (TPSA) is 96.0 Å². The second kappa shape index (κ2) is 13.4. The van der Waals surface area contributed by atoms with Gasteiger partial charge in [0.2, 0.25) is 11.8 Å². The van der Waals surface area contributed by atoms with E-state index in [0.29, 0.717) is 24.3 Å². The largest absolute Gasteiger partial charge is 0.497 e. The highest BCUT2D eigenvalue weighted by Crippen LogP contribution is 2.28. The first kappa shape index (κ1) is 29.9. The third-order valence-electron chi connectivity index (χ3n) is 6.01. The fourth-order valence-corrected chi connectivity index (χ4v) is 5.39. The molecule has 3 rings (SSSR count). The fraction of sp³-hybridized carbons (Fsp3) is 0.286. The Hall–Kier alpha value is -3.63. The van der Waals surface area contributed by atoms with Crippen molar-refractivity contribution in [2.45, 2.75) is 37.8 Å². The summed E-state index contributed by atoms with van der Waals surface area (Å²) in [6.45, 7) is 3.24. The number of ether oxygens (including phenoxy) is 1. The van der Waals surface area contributed by atoms with Crippen LogP contribution in [-0.2, 0) is 26.2 Å². The van der Waals surface area contributed by atoms with Gasteiger partial charge in [-0.25, -0.2) is 12.8 Å². The molecule has 11 heteroatoms. The van der Waals surface area contributed by atoms with Gasteiger partial charge in [-0.3, -0.25) is 13.9 Å². The number of halogens is 2. The summed E-state index contributed by atoms with van der Waals surface area (Å²) in [5.74, 6) is -0.991. The molecule has 208 valence electrons. The molecule has 1 atom stereocenters. The summed E-state index contributed by atoms with van der Waals surface area (Å²) in [5.41, 5.74) is 0.753. The van der Waals surface area contributed by atoms with Gasteiger partial charge in [0.1, 0.15) is 24.2 Å². The summed E-state index contributed by atoms with van der Waals surface area (Å²) in [6.07, 6.45) is 0.701. The lowest BCUT2D eigenvalue weighted by molar-refractivity contribution is -0.139. The predicted molar refractivity (Wildman–Crippen MR) is 149 cm³/mol. The predicted octanol–water partition coefficient (Wildman–Crippen LogP) is 4.63. The van der Waals surface area contributed by atoms with Crippen LogP contribution in [-0.4, -0.2) is 51.4 Å². The van der Waals surface area contributed by atoms with E-state index in [9.17, 15) is 22.4 Å². The number of hydrogen-bond acceptors (Lipinski definition) is 5. The van der Waals surface area contributed by atoms with Crippen LogP contribution in [0.15, 0.2) is 77.7 Å². The number of sulfonamides is 1. The molecule has 0 bridgehead atoms. The highest BCUT2D eigenvalue weighted by atomic mass is 35.5. The van der Waals surface area contributed by atoms with Crippen LogP contribution in [0.5, 0.6) is 5.75 Å². The van der Waals surface area contributed by atoms with Crippen LogP contribution in [0, 0.1) is 5.82 Å². The lowest BCUT2D eigenvalue weighted by Gasteiger charge is -2.32. The fourth-order valence-electron chi connectivity index (χ4n) is 3.80. The standard InChI is InChI=1S/C28H31ClFN3O5S/c1-4-16-31-28(35)20(2)32(18-21-8-10-23(30)11-9-21)27(34)19-33(24-7-5-6-22(29)17-24)39(36,37)26-14-12-25(38-3)13-15-26/h5-15,17,20H,4,16,18-19H2,1-3H3,(H,31,35)/t20-/m1/s1. The lowest BCUT2D eigenvalue weighted by atomic mass is 10.1. The Morgan fingerprint density at radius 1 is 1.05 bits per heavy atom. The van der Waals surface area contributed by atoms with E-state index in [-0.39, 0.29) is 28.1 Å². The maximum absolute atomic E-state index is 13.8. The van der Waals surface area contributed by atoms with E-state index >= 15 is 0 Å². The van der Waals surface area contributed by atoms with Gasteiger partial charge in [0.25, 0.3) is 10.0 Å². The molecule has 0 aliphatic heterocycles. The summed E-state index contributed by atoms with van der Waals surface area (Å²) in [6, 6.07) is 16.5. The van der Waals surface area contributed by atoms with Crippen LogP contribution in [0.25, 0.3) is 0 Å². The van der Waals surface area contributed by atoms with Gasteiger partial charge in [-0.15, -0.1) is 0 Å². The molecule has 8 nitrogen and oxygen atoms in total. The zero-order valence-electron chi connectivity index (χ0n) is 21.9. The van der Waals surface area contributed by atoms with Crippen molar-refractivity contribution in [3.05, 3.63) is 89.2 Å². The minimum Gasteiger partial charge on any atom is -0.497 e. The molecule has 0 unspecified atom stereocenters. The highest BCUT2D eigenvalue weighted by Gasteiger charge is 2.32. The van der Waals surface area contributed by atoms with Crippen LogP contribution >= 0.6 is 11.6 Å². The molecule has 1 N–H and O–H groups in total. The Balaban J connectivity index is 2.01. The molecule has 0 spiro atoms. The molecule has 0 saturated carbocycles. The second-order valence-corrected chi connectivity index (χ2v) is 11.1. The molecule has 0 heterocycles. The van der Waals surface area contributed by atoms with Gasteiger partial charge in [0.15, 0.2) is 0 Å². The number of hydrogen-bond donors (Lipinski definition) is 1. The Morgan fingerprint density at radius 3 is 2.31 bits per heavy atom. The molecule has 3 aromatic rings. The Labute approximate surface area is 233 Å². The number of rotatable bonds is 12. The van der Waals surface area contributed by atoms with E-state index < -0.39 is 34.3 Å². The minimum absolute atomic E-state index is 0.0359. The van der Waals surface area contributed by atoms with Crippen molar-refractivity contribution >= 4 is 39.1 Å². The SMILES string of the molecule is CCCNC(=O)[C@@H](C)N(Cc1ccc(F)cc1)C(=O)CN(c1cccc(Cl)c1)S(=O)(=O)c1ccc(OC)cc1. The molecular weight excluding hydrogens is 545 g/mol. The van der Waals surface area contributed by atoms with E-state index in [1.165, 1.54) is 72.7 Å². The van der Waals surface area contributed by atoms with Crippen molar-refractivity contribution in [1.82, 2.24) is 10.2 Å². The molecule has 0 saturated heterocycles. The Morgan fingerprint density at radius 2 is 1.72 bits per heavy atom. The van der Waals surface area contributed by atoms with Crippen LogP contribution in [0.3, 0.4) is 0 Å². The number of methoxy groups -OCH3 is 1. The van der Waals surface area contributed by atoms with Gasteiger partial charge >= 0.3 is 0 Å². The van der Waals surface area contributed by atoms with Gasteiger partial charge < -0.3 is 15.0 Å². The zero-order chi connectivity index (χ0) is 28.6. The first-order valence-corrected chi connectivity index (χ1v) is 14.1. The number of nitrogens with one attached hydrogen (secondary N) is 1. The first-order chi connectivity index (χ1) is 18.6. The lowest BCUT2D eigenvalue weighted by Crippen LogP contribution is -2.51. The first-order valence-electron chi connectivity index (χ1n) is 12.3. The van der Waals surface area contributed by atoms with Gasteiger partial charge in [-0.1, -0.05) is 36.7 Å². The van der Waals surface area contributed by atoms with Crippen molar-refractivity contribution in [2.75, 3.05) is 24.5 Å². The van der Waals surface area contributed by atoms with Gasteiger partial charge in [-0.2, -0.15) is 0 Å². The molecule has 2 amide bonds. The van der Waals surface area contributed by atoms with Crippen LogP contribution in [0.4, 0.5) is 10.1 Å². The Kier molecular flexibility index (Phi) is 10.3. The third kappa shape index (κ3) is 7.70. The van der Waals surface area contributed by atoms with Crippen molar-refractivity contribution in [3.63, 3.8) is 0 Å². The van der Waals surface area contributed by atoms with Crippen molar-refractivity contribution in [1.29, 1.82) is 0 Å². The zero-order valence-corrected chi connectivity index (χ0v) is 23.5. The van der Waals surface area contributed by atoms with E-state index in [1.54, 1.807) is 19.1 Å². The summed E-state index contributed by atoms with van der Waals surface area (Å²) in [7, 11) is -2.78. The summed E-state index contributed by atoms with van der Waals surface area (Å²) < 4.78 is 47.2. The van der Waals surface area contributed by atoms with Crippen molar-refractivity contribution < 1.29 is 27.1 Å². The van der Waals surface area contributed by atoms with Crippen LogP contribution in [0.2, 0.25) is 5.02 Å². The van der Waals surface area contributed by atoms with Crippen molar-refractivity contribution in [2.24, 2.45) is 0 Å². The minimum atomic E-state index is -4.24. The van der Waals surface area contributed by atoms with E-state index in [1.807, 2.05) is 6.92 Å². The highest BCUT2D eigenvalue weighted by molar-refractivity contribution is 7.92. The maximum atomic E-state index is 13.8. The normalized spacial score (nSPS) is 11.9.